The van der Waals surface area contributed by atoms with Gasteiger partial charge in [-0.1, -0.05) is 24.4 Å². The van der Waals surface area contributed by atoms with Gasteiger partial charge in [0.15, 0.2) is 0 Å². The van der Waals surface area contributed by atoms with Crippen molar-refractivity contribution in [3.05, 3.63) is 45.7 Å². The molecule has 0 spiro atoms. The van der Waals surface area contributed by atoms with Gasteiger partial charge in [0.2, 0.25) is 0 Å². The highest BCUT2D eigenvalue weighted by Crippen LogP contribution is 2.29. The van der Waals surface area contributed by atoms with E-state index in [0.717, 1.165) is 48.9 Å². The van der Waals surface area contributed by atoms with Gasteiger partial charge in [-0.05, 0) is 57.7 Å². The van der Waals surface area contributed by atoms with Gasteiger partial charge in [0.1, 0.15) is 11.9 Å². The zero-order valence-electron chi connectivity index (χ0n) is 17.8. The fourth-order valence-corrected chi connectivity index (χ4v) is 4.86. The molecule has 0 bridgehead atoms. The quantitative estimate of drug-likeness (QED) is 0.712. The Bertz CT molecular complexity index is 864. The number of nitrogens with one attached hydrogen (secondary N) is 2. The van der Waals surface area contributed by atoms with E-state index in [-0.39, 0.29) is 12.0 Å². The summed E-state index contributed by atoms with van der Waals surface area (Å²) in [6.45, 7) is 6.44. The van der Waals surface area contributed by atoms with Crippen molar-refractivity contribution in [1.82, 2.24) is 20.4 Å². The summed E-state index contributed by atoms with van der Waals surface area (Å²) in [4.78, 5) is 15.5. The van der Waals surface area contributed by atoms with Crippen LogP contribution in [0.3, 0.4) is 0 Å². The fourth-order valence-electron chi connectivity index (χ4n) is 4.69. The van der Waals surface area contributed by atoms with Crippen LogP contribution in [0.25, 0.3) is 0 Å². The maximum absolute atomic E-state index is 12.9. The Kier molecular flexibility index (Phi) is 6.64. The van der Waals surface area contributed by atoms with Gasteiger partial charge in [0, 0.05) is 42.0 Å². The number of hydrogen-bond acceptors (Lipinski definition) is 4. The van der Waals surface area contributed by atoms with Crippen LogP contribution in [0.1, 0.15) is 65.8 Å². The summed E-state index contributed by atoms with van der Waals surface area (Å²) in [7, 11) is 0. The van der Waals surface area contributed by atoms with E-state index in [0.29, 0.717) is 22.9 Å². The fraction of sp³-hybridized carbons (Fsp3) is 0.565. The topological polar surface area (TPSA) is 70.2 Å². The molecule has 2 N–H and O–H groups in total. The number of benzene rings is 1. The van der Waals surface area contributed by atoms with Gasteiger partial charge in [-0.15, -0.1) is 0 Å². The molecule has 2 fully saturated rings. The first kappa shape index (κ1) is 21.2. The van der Waals surface area contributed by atoms with E-state index in [9.17, 15) is 4.79 Å². The minimum absolute atomic E-state index is 0.133. The second-order valence-corrected chi connectivity index (χ2v) is 8.96. The summed E-state index contributed by atoms with van der Waals surface area (Å²) in [6, 6.07) is 6.05. The maximum atomic E-state index is 12.9. The van der Waals surface area contributed by atoms with Crippen LogP contribution >= 0.6 is 11.6 Å². The van der Waals surface area contributed by atoms with Crippen LogP contribution in [-0.4, -0.2) is 46.2 Å². The molecule has 30 heavy (non-hydrogen) atoms. The molecule has 1 saturated heterocycles. The van der Waals surface area contributed by atoms with Crippen LogP contribution < -0.4 is 10.1 Å². The number of carbonyl (C=O) groups is 1. The summed E-state index contributed by atoms with van der Waals surface area (Å²) in [5, 5.41) is 10.6. The molecule has 1 aliphatic carbocycles. The third-order valence-electron chi connectivity index (χ3n) is 6.50. The molecule has 162 valence electrons. The van der Waals surface area contributed by atoms with Gasteiger partial charge < -0.3 is 15.0 Å². The minimum Gasteiger partial charge on any atom is -0.489 e. The number of rotatable bonds is 6. The summed E-state index contributed by atoms with van der Waals surface area (Å²) in [6.07, 6.45) is 7.52. The molecule has 4 rings (SSSR count). The number of aromatic amines is 1. The molecular formula is C23H31ClN4O2. The molecule has 0 atom stereocenters. The first-order valence-corrected chi connectivity index (χ1v) is 11.4. The van der Waals surface area contributed by atoms with Crippen LogP contribution in [0.5, 0.6) is 5.75 Å². The Balaban J connectivity index is 1.39. The Morgan fingerprint density at radius 1 is 1.23 bits per heavy atom. The molecule has 6 nitrogen and oxygen atoms in total. The van der Waals surface area contributed by atoms with E-state index in [1.54, 1.807) is 12.1 Å². The predicted molar refractivity (Wildman–Crippen MR) is 118 cm³/mol. The van der Waals surface area contributed by atoms with E-state index < -0.39 is 0 Å². The number of amides is 1. The largest absolute Gasteiger partial charge is 0.489 e. The highest BCUT2D eigenvalue weighted by atomic mass is 35.5. The van der Waals surface area contributed by atoms with Crippen LogP contribution in [0.2, 0.25) is 5.02 Å². The Morgan fingerprint density at radius 3 is 2.63 bits per heavy atom. The zero-order valence-corrected chi connectivity index (χ0v) is 18.6. The normalized spacial score (nSPS) is 18.6. The summed E-state index contributed by atoms with van der Waals surface area (Å²) < 4.78 is 6.29. The average Bonchev–Trinajstić information content (AvgIpc) is 3.39. The highest BCUT2D eigenvalue weighted by Gasteiger charge is 2.28. The summed E-state index contributed by atoms with van der Waals surface area (Å²) >= 11 is 6.19. The SMILES string of the molecule is Cc1n[nH]c(C)c1CNC(=O)c1cc(Cl)ccc1OC1CCN(C2CCCC2)CC1. The van der Waals surface area contributed by atoms with Crippen molar-refractivity contribution in [2.75, 3.05) is 13.1 Å². The van der Waals surface area contributed by atoms with E-state index in [1.165, 1.54) is 25.7 Å². The molecule has 2 heterocycles. The first-order valence-electron chi connectivity index (χ1n) is 11.0. The van der Waals surface area contributed by atoms with E-state index >= 15 is 0 Å². The third-order valence-corrected chi connectivity index (χ3v) is 6.74. The summed E-state index contributed by atoms with van der Waals surface area (Å²) in [5.41, 5.74) is 3.35. The van der Waals surface area contributed by atoms with Gasteiger partial charge in [0.05, 0.1) is 11.3 Å². The molecule has 1 aromatic heterocycles. The molecule has 0 unspecified atom stereocenters. The number of halogens is 1. The molecule has 0 radical (unpaired) electrons. The third kappa shape index (κ3) is 4.81. The predicted octanol–water partition coefficient (Wildman–Crippen LogP) is 4.40. The van der Waals surface area contributed by atoms with Crippen LogP contribution in [-0.2, 0) is 6.54 Å². The number of likely N-dealkylation sites (tertiary alicyclic amines) is 1. The van der Waals surface area contributed by atoms with Gasteiger partial charge in [0.25, 0.3) is 5.91 Å². The molecule has 2 aliphatic rings. The van der Waals surface area contributed by atoms with Crippen molar-refractivity contribution in [2.24, 2.45) is 0 Å². The number of H-pyrrole nitrogens is 1. The van der Waals surface area contributed by atoms with Crippen molar-refractivity contribution in [3.8, 4) is 5.75 Å². The lowest BCUT2D eigenvalue weighted by molar-refractivity contribution is 0.0750. The van der Waals surface area contributed by atoms with Gasteiger partial charge in [-0.25, -0.2) is 0 Å². The molecule has 2 aromatic rings. The minimum atomic E-state index is -0.184. The number of nitrogens with zero attached hydrogens (tertiary/aromatic N) is 2. The highest BCUT2D eigenvalue weighted by molar-refractivity contribution is 6.31. The molecule has 1 aliphatic heterocycles. The molecule has 1 amide bonds. The standard InChI is InChI=1S/C23H31ClN4O2/c1-15-21(16(2)27-26-15)14-25-23(29)20-13-17(24)7-8-22(20)30-19-9-11-28(12-10-19)18-5-3-4-6-18/h7-8,13,18-19H,3-6,9-12,14H2,1-2H3,(H,25,29)(H,26,27). The molecule has 1 saturated carbocycles. The number of hydrogen-bond donors (Lipinski definition) is 2. The number of carbonyl (C=O) groups excluding carboxylic acids is 1. The Labute approximate surface area is 183 Å². The Morgan fingerprint density at radius 2 is 1.97 bits per heavy atom. The first-order chi connectivity index (χ1) is 14.5. The zero-order chi connectivity index (χ0) is 21.1. The van der Waals surface area contributed by atoms with Gasteiger partial charge in [-0.2, -0.15) is 5.10 Å². The summed E-state index contributed by atoms with van der Waals surface area (Å²) in [5.74, 6) is 0.424. The van der Waals surface area contributed by atoms with Gasteiger partial charge in [-0.3, -0.25) is 9.89 Å². The van der Waals surface area contributed by atoms with Crippen LogP contribution in [0.4, 0.5) is 0 Å². The van der Waals surface area contributed by atoms with Crippen molar-refractivity contribution in [3.63, 3.8) is 0 Å². The average molecular weight is 431 g/mol. The van der Waals surface area contributed by atoms with Crippen LogP contribution in [0.15, 0.2) is 18.2 Å². The number of piperidine rings is 1. The second-order valence-electron chi connectivity index (χ2n) is 8.53. The monoisotopic (exact) mass is 430 g/mol. The van der Waals surface area contributed by atoms with E-state index in [1.807, 2.05) is 19.9 Å². The Hall–Kier alpha value is -2.05. The maximum Gasteiger partial charge on any atom is 0.255 e. The van der Waals surface area contributed by atoms with Crippen molar-refractivity contribution < 1.29 is 9.53 Å². The van der Waals surface area contributed by atoms with Crippen LogP contribution in [0, 0.1) is 13.8 Å². The smallest absolute Gasteiger partial charge is 0.255 e. The molecule has 7 heteroatoms. The van der Waals surface area contributed by atoms with Crippen molar-refractivity contribution in [2.45, 2.75) is 71.1 Å². The lowest BCUT2D eigenvalue weighted by atomic mass is 10.0. The number of ether oxygens (including phenoxy) is 1. The number of aryl methyl sites for hydroxylation is 2. The number of aromatic nitrogens is 2. The van der Waals surface area contributed by atoms with Crippen molar-refractivity contribution >= 4 is 17.5 Å². The van der Waals surface area contributed by atoms with E-state index in [2.05, 4.69) is 20.4 Å². The lowest BCUT2D eigenvalue weighted by Crippen LogP contribution is -2.43. The molecular weight excluding hydrogens is 400 g/mol. The second kappa shape index (κ2) is 9.40. The lowest BCUT2D eigenvalue weighted by Gasteiger charge is -2.36. The van der Waals surface area contributed by atoms with Crippen molar-refractivity contribution in [1.29, 1.82) is 0 Å². The molecule has 1 aromatic carbocycles. The van der Waals surface area contributed by atoms with E-state index in [4.69, 9.17) is 16.3 Å². The van der Waals surface area contributed by atoms with Gasteiger partial charge >= 0.3 is 0 Å².